The first-order valence-corrected chi connectivity index (χ1v) is 10.2. The molecule has 0 radical (unpaired) electrons. The summed E-state index contributed by atoms with van der Waals surface area (Å²) < 4.78 is 5.19. The van der Waals surface area contributed by atoms with E-state index in [1.54, 1.807) is 11.8 Å². The van der Waals surface area contributed by atoms with Gasteiger partial charge in [-0.05, 0) is 52.6 Å². The van der Waals surface area contributed by atoms with Crippen molar-refractivity contribution in [3.05, 3.63) is 11.7 Å². The minimum Gasteiger partial charge on any atom is -0.337 e. The van der Waals surface area contributed by atoms with E-state index in [1.807, 2.05) is 6.92 Å². The van der Waals surface area contributed by atoms with Crippen molar-refractivity contribution in [3.8, 4) is 0 Å². The third kappa shape index (κ3) is 4.96. The Bertz CT molecular complexity index is 576. The Kier molecular flexibility index (Phi) is 6.51. The predicted octanol–water partition coefficient (Wildman–Crippen LogP) is 3.10. The van der Waals surface area contributed by atoms with Gasteiger partial charge in [0.2, 0.25) is 5.89 Å². The summed E-state index contributed by atoms with van der Waals surface area (Å²) in [6.45, 7) is 8.07. The van der Waals surface area contributed by atoms with Crippen LogP contribution in [0.25, 0.3) is 0 Å². The summed E-state index contributed by atoms with van der Waals surface area (Å²) in [5.74, 6) is 1.10. The number of aromatic nitrogens is 2. The molecule has 0 spiro atoms. The molecule has 26 heavy (non-hydrogen) atoms. The summed E-state index contributed by atoms with van der Waals surface area (Å²) in [6, 6.07) is -0.0118. The minimum absolute atomic E-state index is 0.0118. The number of carbonyl (C=O) groups excluding carboxylic acids is 1. The van der Waals surface area contributed by atoms with E-state index in [0.29, 0.717) is 24.8 Å². The SMILES string of the molecule is CCN(Cc1nc(C)no1)C(=O)NC1(CN2CCCCC2)CCCCC1. The van der Waals surface area contributed by atoms with E-state index in [0.717, 1.165) is 32.5 Å². The van der Waals surface area contributed by atoms with Gasteiger partial charge < -0.3 is 19.6 Å². The average Bonchev–Trinajstić information content (AvgIpc) is 3.06. The Hall–Kier alpha value is -1.63. The second-order valence-electron chi connectivity index (χ2n) is 7.86. The molecule has 1 aliphatic heterocycles. The van der Waals surface area contributed by atoms with Crippen LogP contribution in [0.15, 0.2) is 4.52 Å². The Morgan fingerprint density at radius 3 is 2.50 bits per heavy atom. The minimum atomic E-state index is -0.0924. The van der Waals surface area contributed by atoms with Crippen molar-refractivity contribution in [2.24, 2.45) is 0 Å². The molecular formula is C19H33N5O2. The van der Waals surface area contributed by atoms with Gasteiger partial charge in [0.1, 0.15) is 6.54 Å². The number of likely N-dealkylation sites (tertiary alicyclic amines) is 1. The van der Waals surface area contributed by atoms with Crippen molar-refractivity contribution >= 4 is 6.03 Å². The molecule has 1 N–H and O–H groups in total. The third-order valence-electron chi connectivity index (χ3n) is 5.72. The molecule has 7 nitrogen and oxygen atoms in total. The zero-order valence-corrected chi connectivity index (χ0v) is 16.3. The summed E-state index contributed by atoms with van der Waals surface area (Å²) in [7, 11) is 0. The molecule has 0 atom stereocenters. The summed E-state index contributed by atoms with van der Waals surface area (Å²) in [6.07, 6.45) is 9.72. The van der Waals surface area contributed by atoms with E-state index in [1.165, 1.54) is 38.5 Å². The zero-order chi connectivity index (χ0) is 18.4. The van der Waals surface area contributed by atoms with E-state index in [-0.39, 0.29) is 11.6 Å². The summed E-state index contributed by atoms with van der Waals surface area (Å²) in [4.78, 5) is 21.5. The highest BCUT2D eigenvalue weighted by atomic mass is 16.5. The van der Waals surface area contributed by atoms with Crippen molar-refractivity contribution in [2.75, 3.05) is 26.2 Å². The molecule has 2 amide bonds. The second kappa shape index (κ2) is 8.84. The molecule has 7 heteroatoms. The average molecular weight is 364 g/mol. The zero-order valence-electron chi connectivity index (χ0n) is 16.3. The summed E-state index contributed by atoms with van der Waals surface area (Å²) >= 11 is 0. The Morgan fingerprint density at radius 1 is 1.19 bits per heavy atom. The van der Waals surface area contributed by atoms with Gasteiger partial charge in [0.25, 0.3) is 0 Å². The second-order valence-corrected chi connectivity index (χ2v) is 7.86. The van der Waals surface area contributed by atoms with E-state index in [4.69, 9.17) is 4.52 Å². The number of urea groups is 1. The normalized spacial score (nSPS) is 20.7. The number of nitrogens with zero attached hydrogens (tertiary/aromatic N) is 4. The van der Waals surface area contributed by atoms with Crippen LogP contribution in [0.1, 0.15) is 70.0 Å². The first-order valence-electron chi connectivity index (χ1n) is 10.2. The number of carbonyl (C=O) groups is 1. The van der Waals surface area contributed by atoms with Gasteiger partial charge in [-0.3, -0.25) is 0 Å². The molecule has 0 bridgehead atoms. The van der Waals surface area contributed by atoms with Crippen LogP contribution >= 0.6 is 0 Å². The van der Waals surface area contributed by atoms with Gasteiger partial charge in [-0.1, -0.05) is 30.8 Å². The highest BCUT2D eigenvalue weighted by Gasteiger charge is 2.36. The monoisotopic (exact) mass is 363 g/mol. The number of hydrogen-bond donors (Lipinski definition) is 1. The lowest BCUT2D eigenvalue weighted by atomic mass is 9.81. The smallest absolute Gasteiger partial charge is 0.318 e. The molecule has 0 aromatic carbocycles. The van der Waals surface area contributed by atoms with Gasteiger partial charge in [-0.15, -0.1) is 0 Å². The quantitative estimate of drug-likeness (QED) is 0.840. The maximum Gasteiger partial charge on any atom is 0.318 e. The molecule has 1 saturated carbocycles. The van der Waals surface area contributed by atoms with E-state index >= 15 is 0 Å². The fourth-order valence-corrected chi connectivity index (χ4v) is 4.30. The van der Waals surface area contributed by atoms with Gasteiger partial charge in [0, 0.05) is 13.1 Å². The fourth-order valence-electron chi connectivity index (χ4n) is 4.30. The van der Waals surface area contributed by atoms with Gasteiger partial charge in [-0.2, -0.15) is 4.98 Å². The van der Waals surface area contributed by atoms with Crippen molar-refractivity contribution in [1.29, 1.82) is 0 Å². The number of amides is 2. The highest BCUT2D eigenvalue weighted by molar-refractivity contribution is 5.75. The third-order valence-corrected chi connectivity index (χ3v) is 5.72. The van der Waals surface area contributed by atoms with Crippen LogP contribution in [-0.2, 0) is 6.54 Å². The van der Waals surface area contributed by atoms with Crippen LogP contribution in [0.5, 0.6) is 0 Å². The van der Waals surface area contributed by atoms with E-state index in [2.05, 4.69) is 20.4 Å². The lowest BCUT2D eigenvalue weighted by Crippen LogP contribution is -2.59. The standard InChI is InChI=1S/C19H33N5O2/c1-3-24(14-17-20-16(2)22-26-17)18(25)21-19(10-6-4-7-11-19)15-23-12-8-5-9-13-23/h3-15H2,1-2H3,(H,21,25). The molecule has 146 valence electrons. The molecule has 1 saturated heterocycles. The Balaban J connectivity index is 1.64. The first-order chi connectivity index (χ1) is 12.6. The number of nitrogens with one attached hydrogen (secondary N) is 1. The van der Waals surface area contributed by atoms with Crippen molar-refractivity contribution < 1.29 is 9.32 Å². The van der Waals surface area contributed by atoms with Crippen LogP contribution in [0.4, 0.5) is 4.79 Å². The van der Waals surface area contributed by atoms with Crippen molar-refractivity contribution in [3.63, 3.8) is 0 Å². The van der Waals surface area contributed by atoms with Crippen molar-refractivity contribution in [2.45, 2.75) is 77.3 Å². The van der Waals surface area contributed by atoms with Crippen LogP contribution in [0.3, 0.4) is 0 Å². The maximum atomic E-state index is 13.0. The lowest BCUT2D eigenvalue weighted by Gasteiger charge is -2.43. The topological polar surface area (TPSA) is 74.5 Å². The molecule has 3 rings (SSSR count). The largest absolute Gasteiger partial charge is 0.337 e. The Labute approximate surface area is 156 Å². The summed E-state index contributed by atoms with van der Waals surface area (Å²) in [5.41, 5.74) is -0.0924. The molecule has 0 unspecified atom stereocenters. The molecule has 2 fully saturated rings. The molecule has 2 heterocycles. The van der Waals surface area contributed by atoms with Gasteiger partial charge in [0.05, 0.1) is 5.54 Å². The lowest BCUT2D eigenvalue weighted by molar-refractivity contribution is 0.115. The highest BCUT2D eigenvalue weighted by Crippen LogP contribution is 2.30. The van der Waals surface area contributed by atoms with E-state index < -0.39 is 0 Å². The maximum absolute atomic E-state index is 13.0. The first kappa shape index (κ1) is 19.1. The van der Waals surface area contributed by atoms with Gasteiger partial charge in [-0.25, -0.2) is 4.79 Å². The predicted molar refractivity (Wildman–Crippen MR) is 99.8 cm³/mol. The van der Waals surface area contributed by atoms with Gasteiger partial charge in [0.15, 0.2) is 5.82 Å². The Morgan fingerprint density at radius 2 is 1.88 bits per heavy atom. The molecule has 2 aliphatic rings. The van der Waals surface area contributed by atoms with E-state index in [9.17, 15) is 4.79 Å². The molecule has 1 aromatic heterocycles. The van der Waals surface area contributed by atoms with Crippen LogP contribution in [-0.4, -0.2) is 57.7 Å². The number of rotatable bonds is 6. The molecular weight excluding hydrogens is 330 g/mol. The molecule has 1 aliphatic carbocycles. The molecule has 1 aromatic rings. The van der Waals surface area contributed by atoms with Crippen LogP contribution < -0.4 is 5.32 Å². The van der Waals surface area contributed by atoms with Crippen LogP contribution in [0, 0.1) is 6.92 Å². The number of aryl methyl sites for hydroxylation is 1. The van der Waals surface area contributed by atoms with Crippen LogP contribution in [0.2, 0.25) is 0 Å². The van der Waals surface area contributed by atoms with Crippen molar-refractivity contribution in [1.82, 2.24) is 25.3 Å². The number of piperidine rings is 1. The number of hydrogen-bond acceptors (Lipinski definition) is 5. The van der Waals surface area contributed by atoms with Gasteiger partial charge >= 0.3 is 6.03 Å². The summed E-state index contributed by atoms with van der Waals surface area (Å²) in [5, 5.41) is 7.23. The fraction of sp³-hybridized carbons (Fsp3) is 0.842.